The first kappa shape index (κ1) is 10.3. The summed E-state index contributed by atoms with van der Waals surface area (Å²) in [6.45, 7) is 0.340. The van der Waals surface area contributed by atoms with Gasteiger partial charge in [0, 0.05) is 5.92 Å². The van der Waals surface area contributed by atoms with Gasteiger partial charge in [0.1, 0.15) is 0 Å². The Labute approximate surface area is 84.1 Å². The number of fused-ring (bicyclic) bond motifs is 1. The van der Waals surface area contributed by atoms with Crippen LogP contribution in [-0.4, -0.2) is 19.1 Å². The first-order valence-corrected chi connectivity index (χ1v) is 4.49. The predicted octanol–water partition coefficient (Wildman–Crippen LogP) is 1.97. The second-order valence-corrected chi connectivity index (χ2v) is 3.49. The largest absolute Gasteiger partial charge is 0.460 e. The van der Waals surface area contributed by atoms with E-state index >= 15 is 0 Å². The van der Waals surface area contributed by atoms with Crippen molar-refractivity contribution in [3.05, 3.63) is 11.8 Å². The monoisotopic (exact) mass is 219 g/mol. The molecule has 0 radical (unpaired) electrons. The van der Waals surface area contributed by atoms with Crippen molar-refractivity contribution < 1.29 is 22.6 Å². The lowest BCUT2D eigenvalue weighted by Crippen LogP contribution is -2.33. The maximum absolute atomic E-state index is 12.3. The Morgan fingerprint density at radius 1 is 1.47 bits per heavy atom. The van der Waals surface area contributed by atoms with Crippen molar-refractivity contribution in [3.63, 3.8) is 0 Å². The van der Waals surface area contributed by atoms with E-state index in [4.69, 9.17) is 10.00 Å². The molecule has 0 aromatic rings. The SMILES string of the molecule is N#CC1C=C(C(F)(F)F)O[C@@H]2OCC[C@H]12. The van der Waals surface area contributed by atoms with Crippen molar-refractivity contribution in [2.75, 3.05) is 6.61 Å². The first-order chi connectivity index (χ1) is 7.02. The summed E-state index contributed by atoms with van der Waals surface area (Å²) in [5.74, 6) is -2.17. The zero-order valence-corrected chi connectivity index (χ0v) is 7.62. The van der Waals surface area contributed by atoms with Crippen LogP contribution in [0.25, 0.3) is 0 Å². The van der Waals surface area contributed by atoms with Gasteiger partial charge in [0.15, 0.2) is 0 Å². The van der Waals surface area contributed by atoms with Gasteiger partial charge in [-0.25, -0.2) is 0 Å². The van der Waals surface area contributed by atoms with E-state index in [1.165, 1.54) is 0 Å². The maximum atomic E-state index is 12.3. The van der Waals surface area contributed by atoms with Crippen LogP contribution in [0, 0.1) is 23.2 Å². The van der Waals surface area contributed by atoms with E-state index in [0.717, 1.165) is 6.08 Å². The predicted molar refractivity (Wildman–Crippen MR) is 42.2 cm³/mol. The van der Waals surface area contributed by atoms with Gasteiger partial charge in [-0.2, -0.15) is 18.4 Å². The number of allylic oxidation sites excluding steroid dienone is 2. The van der Waals surface area contributed by atoms with Crippen LogP contribution in [0.2, 0.25) is 0 Å². The van der Waals surface area contributed by atoms with E-state index in [1.54, 1.807) is 0 Å². The van der Waals surface area contributed by atoms with Crippen LogP contribution in [0.3, 0.4) is 0 Å². The molecule has 2 heterocycles. The van der Waals surface area contributed by atoms with Crippen LogP contribution in [0.4, 0.5) is 13.2 Å². The summed E-state index contributed by atoms with van der Waals surface area (Å²) >= 11 is 0. The highest BCUT2D eigenvalue weighted by Gasteiger charge is 2.47. The molecule has 82 valence electrons. The van der Waals surface area contributed by atoms with Gasteiger partial charge in [0.25, 0.3) is 0 Å². The highest BCUT2D eigenvalue weighted by Crippen LogP contribution is 2.40. The molecule has 1 fully saturated rings. The van der Waals surface area contributed by atoms with Gasteiger partial charge in [-0.15, -0.1) is 0 Å². The molecule has 3 atom stereocenters. The summed E-state index contributed by atoms with van der Waals surface area (Å²) in [7, 11) is 0. The lowest BCUT2D eigenvalue weighted by Gasteiger charge is -2.29. The summed E-state index contributed by atoms with van der Waals surface area (Å²) in [5.41, 5.74) is 0. The first-order valence-electron chi connectivity index (χ1n) is 4.49. The highest BCUT2D eigenvalue weighted by molar-refractivity contribution is 5.15. The summed E-state index contributed by atoms with van der Waals surface area (Å²) in [6, 6.07) is 1.84. The van der Waals surface area contributed by atoms with Crippen LogP contribution in [0.15, 0.2) is 11.8 Å². The number of nitrogens with zero attached hydrogens (tertiary/aromatic N) is 1. The number of alkyl halides is 3. The third-order valence-electron chi connectivity index (χ3n) is 2.55. The molecule has 2 rings (SSSR count). The normalized spacial score (nSPS) is 35.1. The Bertz CT molecular complexity index is 331. The molecular weight excluding hydrogens is 211 g/mol. The molecule has 0 saturated carbocycles. The molecule has 0 bridgehead atoms. The average Bonchev–Trinajstić information content (AvgIpc) is 2.62. The van der Waals surface area contributed by atoms with Crippen LogP contribution in [-0.2, 0) is 9.47 Å². The molecule has 1 unspecified atom stereocenters. The van der Waals surface area contributed by atoms with Crippen molar-refractivity contribution in [2.45, 2.75) is 18.9 Å². The molecule has 0 spiro atoms. The summed E-state index contributed by atoms with van der Waals surface area (Å²) < 4.78 is 46.7. The zero-order chi connectivity index (χ0) is 11.1. The van der Waals surface area contributed by atoms with Crippen LogP contribution < -0.4 is 0 Å². The molecule has 0 aromatic heterocycles. The fourth-order valence-electron chi connectivity index (χ4n) is 1.80. The van der Waals surface area contributed by atoms with E-state index < -0.39 is 24.1 Å². The van der Waals surface area contributed by atoms with Gasteiger partial charge in [0.2, 0.25) is 12.0 Å². The molecule has 15 heavy (non-hydrogen) atoms. The Hall–Kier alpha value is -1.22. The number of hydrogen-bond acceptors (Lipinski definition) is 3. The van der Waals surface area contributed by atoms with Crippen LogP contribution in [0.1, 0.15) is 6.42 Å². The molecule has 6 heteroatoms. The number of nitriles is 1. The van der Waals surface area contributed by atoms with Gasteiger partial charge < -0.3 is 9.47 Å². The molecule has 3 nitrogen and oxygen atoms in total. The molecule has 2 aliphatic rings. The molecule has 0 aliphatic carbocycles. The van der Waals surface area contributed by atoms with Crippen molar-refractivity contribution in [1.29, 1.82) is 5.26 Å². The molecule has 0 aromatic carbocycles. The average molecular weight is 219 g/mol. The topological polar surface area (TPSA) is 42.2 Å². The smallest absolute Gasteiger partial charge is 0.448 e. The van der Waals surface area contributed by atoms with Gasteiger partial charge in [0.05, 0.1) is 18.6 Å². The second-order valence-electron chi connectivity index (χ2n) is 3.49. The highest BCUT2D eigenvalue weighted by atomic mass is 19.4. The maximum Gasteiger partial charge on any atom is 0.448 e. The molecule has 0 amide bonds. The van der Waals surface area contributed by atoms with E-state index in [2.05, 4.69) is 4.74 Å². The van der Waals surface area contributed by atoms with Crippen molar-refractivity contribution in [1.82, 2.24) is 0 Å². The van der Waals surface area contributed by atoms with Crippen LogP contribution in [0.5, 0.6) is 0 Å². The van der Waals surface area contributed by atoms with Gasteiger partial charge in [-0.1, -0.05) is 0 Å². The quantitative estimate of drug-likeness (QED) is 0.625. The number of hydrogen-bond donors (Lipinski definition) is 0. The molecule has 1 saturated heterocycles. The molecule has 0 N–H and O–H groups in total. The van der Waals surface area contributed by atoms with E-state index in [9.17, 15) is 13.2 Å². The minimum absolute atomic E-state index is 0.277. The fourth-order valence-corrected chi connectivity index (χ4v) is 1.80. The fraction of sp³-hybridized carbons (Fsp3) is 0.667. The Morgan fingerprint density at radius 3 is 2.80 bits per heavy atom. The summed E-state index contributed by atoms with van der Waals surface area (Å²) in [5, 5.41) is 8.75. The number of ether oxygens (including phenoxy) is 2. The van der Waals surface area contributed by atoms with Crippen molar-refractivity contribution in [3.8, 4) is 6.07 Å². The number of rotatable bonds is 0. The van der Waals surface area contributed by atoms with E-state index in [1.807, 2.05) is 6.07 Å². The summed E-state index contributed by atoms with van der Waals surface area (Å²) in [6.07, 6.45) is -4.07. The van der Waals surface area contributed by atoms with Crippen molar-refractivity contribution in [2.24, 2.45) is 11.8 Å². The third kappa shape index (κ3) is 1.79. The Kier molecular flexibility index (Phi) is 2.35. The lowest BCUT2D eigenvalue weighted by atomic mass is 9.89. The van der Waals surface area contributed by atoms with Crippen molar-refractivity contribution >= 4 is 0 Å². The van der Waals surface area contributed by atoms with Gasteiger partial charge >= 0.3 is 6.18 Å². The zero-order valence-electron chi connectivity index (χ0n) is 7.62. The molecule has 2 aliphatic heterocycles. The van der Waals surface area contributed by atoms with E-state index in [0.29, 0.717) is 13.0 Å². The van der Waals surface area contributed by atoms with Gasteiger partial charge in [-0.05, 0) is 12.5 Å². The lowest BCUT2D eigenvalue weighted by molar-refractivity contribution is -0.191. The van der Waals surface area contributed by atoms with Crippen LogP contribution >= 0.6 is 0 Å². The standard InChI is InChI=1S/C9H8F3NO2/c10-9(11,12)7-3-5(4-13)6-1-2-14-8(6)15-7/h3,5-6,8H,1-2H2/t5?,6-,8+/m1/s1. The molecular formula is C9H8F3NO2. The van der Waals surface area contributed by atoms with Gasteiger partial charge in [-0.3, -0.25) is 0 Å². The van der Waals surface area contributed by atoms with E-state index in [-0.39, 0.29) is 5.92 Å². The summed E-state index contributed by atoms with van der Waals surface area (Å²) in [4.78, 5) is 0. The minimum atomic E-state index is -4.55. The minimum Gasteiger partial charge on any atom is -0.460 e. The second kappa shape index (κ2) is 3.42. The number of halogens is 3. The Morgan fingerprint density at radius 2 is 2.20 bits per heavy atom. The Balaban J connectivity index is 2.26. The third-order valence-corrected chi connectivity index (χ3v) is 2.55.